The SMILES string of the molecule is COC(=O)c1ccc(N)s1.Nc1ccc(C(=O)O)s1. The average molecular weight is 300 g/mol. The van der Waals surface area contributed by atoms with E-state index in [4.69, 9.17) is 16.6 Å². The molecule has 0 bridgehead atoms. The Labute approximate surface area is 117 Å². The third kappa shape index (κ3) is 4.60. The Hall–Kier alpha value is -2.06. The highest BCUT2D eigenvalue weighted by Crippen LogP contribution is 2.18. The highest BCUT2D eigenvalue weighted by atomic mass is 32.1. The number of anilines is 2. The molecule has 5 N–H and O–H groups in total. The predicted octanol–water partition coefficient (Wildman–Crippen LogP) is 2.15. The molecule has 2 rings (SSSR count). The van der Waals surface area contributed by atoms with E-state index in [1.54, 1.807) is 18.2 Å². The Balaban J connectivity index is 0.000000191. The lowest BCUT2D eigenvalue weighted by molar-refractivity contribution is 0.0605. The van der Waals surface area contributed by atoms with Crippen LogP contribution in [0.2, 0.25) is 0 Å². The number of thiophene rings is 2. The van der Waals surface area contributed by atoms with Gasteiger partial charge >= 0.3 is 11.9 Å². The van der Waals surface area contributed by atoms with Gasteiger partial charge < -0.3 is 21.3 Å². The molecule has 0 atom stereocenters. The second-order valence-corrected chi connectivity index (χ2v) is 5.43. The molecular formula is C11H12N2O4S2. The summed E-state index contributed by atoms with van der Waals surface area (Å²) in [5, 5.41) is 9.51. The molecule has 0 spiro atoms. The molecule has 0 saturated heterocycles. The quantitative estimate of drug-likeness (QED) is 0.732. The third-order valence-electron chi connectivity index (χ3n) is 1.85. The number of ether oxygens (including phenoxy) is 1. The molecule has 0 unspecified atom stereocenters. The third-order valence-corrected chi connectivity index (χ3v) is 3.65. The Bertz CT molecular complexity index is 577. The Morgan fingerprint density at radius 3 is 1.79 bits per heavy atom. The van der Waals surface area contributed by atoms with E-state index >= 15 is 0 Å². The van der Waals surface area contributed by atoms with Crippen LogP contribution in [-0.2, 0) is 4.74 Å². The summed E-state index contributed by atoms with van der Waals surface area (Å²) < 4.78 is 4.47. The molecule has 0 amide bonds. The van der Waals surface area contributed by atoms with Crippen LogP contribution in [0, 0.1) is 0 Å². The van der Waals surface area contributed by atoms with Gasteiger partial charge in [0.15, 0.2) is 0 Å². The monoisotopic (exact) mass is 300 g/mol. The van der Waals surface area contributed by atoms with E-state index in [1.165, 1.54) is 24.5 Å². The minimum absolute atomic E-state index is 0.285. The first-order chi connectivity index (χ1) is 8.93. The number of nitrogens with two attached hydrogens (primary N) is 2. The van der Waals surface area contributed by atoms with Crippen molar-refractivity contribution in [3.05, 3.63) is 34.0 Å². The number of aromatic carboxylic acids is 1. The molecule has 2 heterocycles. The molecule has 19 heavy (non-hydrogen) atoms. The van der Waals surface area contributed by atoms with Crippen LogP contribution in [-0.4, -0.2) is 24.2 Å². The number of carboxylic acid groups (broad SMARTS) is 1. The molecule has 2 aromatic heterocycles. The molecule has 2 aromatic rings. The van der Waals surface area contributed by atoms with Gasteiger partial charge in [-0.15, -0.1) is 22.7 Å². The maximum Gasteiger partial charge on any atom is 0.348 e. The zero-order valence-corrected chi connectivity index (χ0v) is 11.6. The van der Waals surface area contributed by atoms with Gasteiger partial charge in [-0.3, -0.25) is 0 Å². The summed E-state index contributed by atoms with van der Waals surface area (Å²) in [4.78, 5) is 21.8. The fraction of sp³-hybridized carbons (Fsp3) is 0.0909. The van der Waals surface area contributed by atoms with E-state index in [9.17, 15) is 9.59 Å². The molecule has 102 valence electrons. The molecule has 0 radical (unpaired) electrons. The minimum atomic E-state index is -0.920. The summed E-state index contributed by atoms with van der Waals surface area (Å²) >= 11 is 2.30. The Morgan fingerprint density at radius 1 is 1.05 bits per heavy atom. The standard InChI is InChI=1S/C6H7NO2S.C5H5NO2S/c1-9-6(8)4-2-3-5(7)10-4;6-4-2-1-3(9-4)5(7)8/h2-3H,7H2,1H3;1-2H,6H2,(H,7,8). The van der Waals surface area contributed by atoms with Crippen LogP contribution in [0.25, 0.3) is 0 Å². The van der Waals surface area contributed by atoms with Crippen molar-refractivity contribution in [3.63, 3.8) is 0 Å². The molecule has 0 saturated carbocycles. The Morgan fingerprint density at radius 2 is 1.53 bits per heavy atom. The molecule has 0 aliphatic rings. The second-order valence-electron chi connectivity index (χ2n) is 3.20. The van der Waals surface area contributed by atoms with Gasteiger partial charge in [0.1, 0.15) is 9.75 Å². The summed E-state index contributed by atoms with van der Waals surface area (Å²) in [6.45, 7) is 0. The number of nitrogen functional groups attached to an aromatic ring is 2. The van der Waals surface area contributed by atoms with E-state index in [-0.39, 0.29) is 10.8 Å². The second kappa shape index (κ2) is 6.76. The fourth-order valence-corrected chi connectivity index (χ4v) is 2.34. The van der Waals surface area contributed by atoms with Gasteiger partial charge in [-0.2, -0.15) is 0 Å². The van der Waals surface area contributed by atoms with Crippen LogP contribution >= 0.6 is 22.7 Å². The van der Waals surface area contributed by atoms with Crippen molar-refractivity contribution in [1.82, 2.24) is 0 Å². The average Bonchev–Trinajstić information content (AvgIpc) is 2.98. The Kier molecular flexibility index (Phi) is 5.34. The number of carbonyl (C=O) groups excluding carboxylic acids is 1. The van der Waals surface area contributed by atoms with Crippen molar-refractivity contribution in [2.75, 3.05) is 18.6 Å². The number of rotatable bonds is 2. The maximum atomic E-state index is 10.8. The molecule has 0 aromatic carbocycles. The van der Waals surface area contributed by atoms with Crippen LogP contribution < -0.4 is 11.5 Å². The zero-order chi connectivity index (χ0) is 14.4. The van der Waals surface area contributed by atoms with Crippen LogP contribution in [0.3, 0.4) is 0 Å². The number of hydrogen-bond acceptors (Lipinski definition) is 7. The number of methoxy groups -OCH3 is 1. The first-order valence-electron chi connectivity index (χ1n) is 4.96. The minimum Gasteiger partial charge on any atom is -0.477 e. The topological polar surface area (TPSA) is 116 Å². The van der Waals surface area contributed by atoms with Gasteiger partial charge in [-0.25, -0.2) is 9.59 Å². The van der Waals surface area contributed by atoms with E-state index in [1.807, 2.05) is 0 Å². The number of carbonyl (C=O) groups is 2. The highest BCUT2D eigenvalue weighted by Gasteiger charge is 2.06. The van der Waals surface area contributed by atoms with Crippen molar-refractivity contribution in [2.45, 2.75) is 0 Å². The van der Waals surface area contributed by atoms with Crippen molar-refractivity contribution < 1.29 is 19.4 Å². The van der Waals surface area contributed by atoms with Gasteiger partial charge in [0.25, 0.3) is 0 Å². The van der Waals surface area contributed by atoms with E-state index in [2.05, 4.69) is 4.74 Å². The van der Waals surface area contributed by atoms with Crippen molar-refractivity contribution in [1.29, 1.82) is 0 Å². The summed E-state index contributed by atoms with van der Waals surface area (Å²) in [5.41, 5.74) is 10.7. The summed E-state index contributed by atoms with van der Waals surface area (Å²) in [6, 6.07) is 6.39. The first kappa shape index (κ1) is 15.0. The lowest BCUT2D eigenvalue weighted by Crippen LogP contribution is -1.96. The first-order valence-corrected chi connectivity index (χ1v) is 6.59. The fourth-order valence-electron chi connectivity index (χ4n) is 1.03. The highest BCUT2D eigenvalue weighted by molar-refractivity contribution is 7.18. The normalized spacial score (nSPS) is 9.32. The van der Waals surface area contributed by atoms with Crippen LogP contribution in [0.4, 0.5) is 10.0 Å². The molecule has 8 heteroatoms. The molecule has 0 aliphatic carbocycles. The lowest BCUT2D eigenvalue weighted by Gasteiger charge is -1.90. The van der Waals surface area contributed by atoms with E-state index in [0.717, 1.165) is 11.3 Å². The number of hydrogen-bond donors (Lipinski definition) is 3. The molecule has 0 fully saturated rings. The lowest BCUT2D eigenvalue weighted by atomic mass is 10.5. The summed E-state index contributed by atoms with van der Waals surface area (Å²) in [7, 11) is 1.35. The zero-order valence-electron chi connectivity index (χ0n) is 9.95. The smallest absolute Gasteiger partial charge is 0.348 e. The van der Waals surface area contributed by atoms with E-state index < -0.39 is 5.97 Å². The number of esters is 1. The van der Waals surface area contributed by atoms with Gasteiger partial charge in [0.05, 0.1) is 17.1 Å². The number of carboxylic acids is 1. The van der Waals surface area contributed by atoms with Crippen LogP contribution in [0.1, 0.15) is 19.3 Å². The summed E-state index contributed by atoms with van der Waals surface area (Å²) in [6.07, 6.45) is 0. The van der Waals surface area contributed by atoms with Gasteiger partial charge in [0, 0.05) is 0 Å². The largest absolute Gasteiger partial charge is 0.477 e. The summed E-state index contributed by atoms with van der Waals surface area (Å²) in [5.74, 6) is -1.25. The van der Waals surface area contributed by atoms with Crippen molar-refractivity contribution >= 4 is 44.6 Å². The van der Waals surface area contributed by atoms with Gasteiger partial charge in [-0.05, 0) is 24.3 Å². The van der Waals surface area contributed by atoms with Gasteiger partial charge in [-0.1, -0.05) is 0 Å². The van der Waals surface area contributed by atoms with Crippen LogP contribution in [0.15, 0.2) is 24.3 Å². The predicted molar refractivity (Wildman–Crippen MR) is 75.8 cm³/mol. The molecule has 6 nitrogen and oxygen atoms in total. The molecular weight excluding hydrogens is 288 g/mol. The van der Waals surface area contributed by atoms with Gasteiger partial charge in [0.2, 0.25) is 0 Å². The van der Waals surface area contributed by atoms with E-state index in [0.29, 0.717) is 14.9 Å². The maximum absolute atomic E-state index is 10.8. The molecule has 0 aliphatic heterocycles. The van der Waals surface area contributed by atoms with Crippen molar-refractivity contribution in [2.24, 2.45) is 0 Å². The van der Waals surface area contributed by atoms with Crippen molar-refractivity contribution in [3.8, 4) is 0 Å². The van der Waals surface area contributed by atoms with Crippen LogP contribution in [0.5, 0.6) is 0 Å².